The van der Waals surface area contributed by atoms with Gasteiger partial charge in [0.1, 0.15) is 6.23 Å². The number of hydrogen-bond acceptors (Lipinski definition) is 4. The minimum atomic E-state index is -0.340. The fourth-order valence-corrected chi connectivity index (χ4v) is 1.64. The van der Waals surface area contributed by atoms with Crippen LogP contribution in [-0.2, 0) is 0 Å². The van der Waals surface area contributed by atoms with Crippen molar-refractivity contribution in [2.24, 2.45) is 0 Å². The highest BCUT2D eigenvalue weighted by atomic mass is 16.3. The van der Waals surface area contributed by atoms with Crippen molar-refractivity contribution in [1.29, 1.82) is 0 Å². The van der Waals surface area contributed by atoms with Crippen LogP contribution in [-0.4, -0.2) is 43.1 Å². The molecule has 70 valence electrons. The maximum atomic E-state index is 9.55. The number of piperidine rings is 1. The molecule has 0 amide bonds. The SMILES string of the molecule is OC(NC1CCNCC1)C1CN1. The van der Waals surface area contributed by atoms with Crippen LogP contribution < -0.4 is 16.0 Å². The van der Waals surface area contributed by atoms with E-state index >= 15 is 0 Å². The molecule has 0 aliphatic carbocycles. The Hall–Kier alpha value is -0.160. The molecule has 0 radical (unpaired) electrons. The van der Waals surface area contributed by atoms with E-state index < -0.39 is 0 Å². The molecule has 0 aromatic carbocycles. The molecule has 2 aliphatic rings. The van der Waals surface area contributed by atoms with Crippen molar-refractivity contribution < 1.29 is 5.11 Å². The molecule has 2 unspecified atom stereocenters. The molecule has 2 saturated heterocycles. The van der Waals surface area contributed by atoms with Gasteiger partial charge in [-0.1, -0.05) is 0 Å². The zero-order valence-electron chi connectivity index (χ0n) is 7.21. The first-order valence-corrected chi connectivity index (χ1v) is 4.74. The van der Waals surface area contributed by atoms with Crippen LogP contribution in [0.2, 0.25) is 0 Å². The Balaban J connectivity index is 1.69. The molecule has 4 heteroatoms. The van der Waals surface area contributed by atoms with Crippen LogP contribution in [0.15, 0.2) is 0 Å². The molecular weight excluding hydrogens is 154 g/mol. The van der Waals surface area contributed by atoms with Crippen molar-refractivity contribution in [1.82, 2.24) is 16.0 Å². The quantitative estimate of drug-likeness (QED) is 0.312. The molecule has 0 aromatic heterocycles. The molecule has 2 aliphatic heterocycles. The zero-order chi connectivity index (χ0) is 8.39. The Morgan fingerprint density at radius 1 is 1.33 bits per heavy atom. The van der Waals surface area contributed by atoms with E-state index in [9.17, 15) is 5.11 Å². The van der Waals surface area contributed by atoms with Gasteiger partial charge in [0.2, 0.25) is 0 Å². The predicted molar refractivity (Wildman–Crippen MR) is 46.8 cm³/mol. The lowest BCUT2D eigenvalue weighted by Crippen LogP contribution is -2.47. The topological polar surface area (TPSA) is 66.2 Å². The average Bonchev–Trinajstić information content (AvgIpc) is 2.88. The van der Waals surface area contributed by atoms with E-state index in [-0.39, 0.29) is 6.23 Å². The molecule has 12 heavy (non-hydrogen) atoms. The average molecular weight is 171 g/mol. The maximum absolute atomic E-state index is 9.55. The van der Waals surface area contributed by atoms with E-state index in [1.54, 1.807) is 0 Å². The number of aliphatic hydroxyl groups excluding tert-OH is 1. The summed E-state index contributed by atoms with van der Waals surface area (Å²) in [5, 5.41) is 19.2. The van der Waals surface area contributed by atoms with Gasteiger partial charge in [0.05, 0.1) is 6.04 Å². The van der Waals surface area contributed by atoms with Crippen LogP contribution in [0.3, 0.4) is 0 Å². The number of hydrogen-bond donors (Lipinski definition) is 4. The zero-order valence-corrected chi connectivity index (χ0v) is 7.21. The Labute approximate surface area is 72.7 Å². The molecule has 2 heterocycles. The molecule has 2 atom stereocenters. The Morgan fingerprint density at radius 2 is 2.00 bits per heavy atom. The largest absolute Gasteiger partial charge is 0.377 e. The van der Waals surface area contributed by atoms with Crippen LogP contribution in [0, 0.1) is 0 Å². The molecule has 2 fully saturated rings. The lowest BCUT2D eigenvalue weighted by atomic mass is 10.1. The van der Waals surface area contributed by atoms with Gasteiger partial charge < -0.3 is 15.7 Å². The molecule has 0 bridgehead atoms. The van der Waals surface area contributed by atoms with Crippen molar-refractivity contribution in [2.45, 2.75) is 31.2 Å². The second-order valence-electron chi connectivity index (χ2n) is 3.65. The number of aliphatic hydroxyl groups is 1. The molecule has 4 nitrogen and oxygen atoms in total. The van der Waals surface area contributed by atoms with Crippen LogP contribution in [0.1, 0.15) is 12.8 Å². The summed E-state index contributed by atoms with van der Waals surface area (Å²) in [7, 11) is 0. The van der Waals surface area contributed by atoms with Gasteiger partial charge in [0.15, 0.2) is 0 Å². The van der Waals surface area contributed by atoms with Gasteiger partial charge in [-0.2, -0.15) is 0 Å². The highest BCUT2D eigenvalue weighted by molar-refractivity contribution is 4.90. The van der Waals surface area contributed by atoms with Crippen molar-refractivity contribution in [2.75, 3.05) is 19.6 Å². The Bertz CT molecular complexity index is 143. The Kier molecular flexibility index (Phi) is 2.60. The summed E-state index contributed by atoms with van der Waals surface area (Å²) in [5.41, 5.74) is 0. The van der Waals surface area contributed by atoms with E-state index in [0.717, 1.165) is 32.5 Å². The fourth-order valence-electron chi connectivity index (χ4n) is 1.64. The first-order chi connectivity index (χ1) is 5.86. The number of rotatable bonds is 3. The van der Waals surface area contributed by atoms with Crippen LogP contribution in [0.25, 0.3) is 0 Å². The molecular formula is C8H17N3O. The lowest BCUT2D eigenvalue weighted by molar-refractivity contribution is 0.113. The van der Waals surface area contributed by atoms with Gasteiger partial charge in [-0.05, 0) is 25.9 Å². The van der Waals surface area contributed by atoms with Crippen molar-refractivity contribution >= 4 is 0 Å². The summed E-state index contributed by atoms with van der Waals surface area (Å²) >= 11 is 0. The number of nitrogens with one attached hydrogen (secondary N) is 3. The van der Waals surface area contributed by atoms with Crippen molar-refractivity contribution in [3.05, 3.63) is 0 Å². The van der Waals surface area contributed by atoms with E-state index in [2.05, 4.69) is 16.0 Å². The summed E-state index contributed by atoms with van der Waals surface area (Å²) in [6, 6.07) is 0.809. The highest BCUT2D eigenvalue weighted by Gasteiger charge is 2.30. The third-order valence-corrected chi connectivity index (χ3v) is 2.57. The third-order valence-electron chi connectivity index (χ3n) is 2.57. The minimum Gasteiger partial charge on any atom is -0.377 e. The summed E-state index contributed by atoms with van der Waals surface area (Å²) in [4.78, 5) is 0. The summed E-state index contributed by atoms with van der Waals surface area (Å²) in [5.74, 6) is 0. The summed E-state index contributed by atoms with van der Waals surface area (Å²) < 4.78 is 0. The second-order valence-corrected chi connectivity index (χ2v) is 3.65. The minimum absolute atomic E-state index is 0.305. The predicted octanol–water partition coefficient (Wildman–Crippen LogP) is -1.38. The van der Waals surface area contributed by atoms with Crippen molar-refractivity contribution in [3.8, 4) is 0 Å². The van der Waals surface area contributed by atoms with Gasteiger partial charge in [-0.3, -0.25) is 5.32 Å². The maximum Gasteiger partial charge on any atom is 0.121 e. The molecule has 0 saturated carbocycles. The van der Waals surface area contributed by atoms with Gasteiger partial charge in [-0.15, -0.1) is 0 Å². The normalized spacial score (nSPS) is 33.2. The lowest BCUT2D eigenvalue weighted by Gasteiger charge is -2.26. The fraction of sp³-hybridized carbons (Fsp3) is 1.00. The first kappa shape index (κ1) is 8.44. The van der Waals surface area contributed by atoms with E-state index in [1.807, 2.05) is 0 Å². The van der Waals surface area contributed by atoms with E-state index in [4.69, 9.17) is 0 Å². The van der Waals surface area contributed by atoms with Crippen molar-refractivity contribution in [3.63, 3.8) is 0 Å². The first-order valence-electron chi connectivity index (χ1n) is 4.74. The second kappa shape index (κ2) is 3.70. The summed E-state index contributed by atoms with van der Waals surface area (Å²) in [6.07, 6.45) is 1.92. The smallest absolute Gasteiger partial charge is 0.121 e. The van der Waals surface area contributed by atoms with Crippen LogP contribution in [0.4, 0.5) is 0 Å². The Morgan fingerprint density at radius 3 is 2.58 bits per heavy atom. The van der Waals surface area contributed by atoms with Crippen LogP contribution >= 0.6 is 0 Å². The monoisotopic (exact) mass is 171 g/mol. The molecule has 0 spiro atoms. The van der Waals surface area contributed by atoms with E-state index in [1.165, 1.54) is 0 Å². The van der Waals surface area contributed by atoms with Gasteiger partial charge >= 0.3 is 0 Å². The third kappa shape index (κ3) is 2.17. The molecule has 0 aromatic rings. The standard InChI is InChI=1S/C8H17N3O/c12-8(7-5-10-7)11-6-1-3-9-4-2-6/h6-12H,1-5H2. The van der Waals surface area contributed by atoms with Gasteiger partial charge in [-0.25, -0.2) is 0 Å². The molecule has 2 rings (SSSR count). The van der Waals surface area contributed by atoms with Gasteiger partial charge in [0.25, 0.3) is 0 Å². The summed E-state index contributed by atoms with van der Waals surface area (Å²) in [6.45, 7) is 3.10. The highest BCUT2D eigenvalue weighted by Crippen LogP contribution is 2.07. The molecule has 4 N–H and O–H groups in total. The van der Waals surface area contributed by atoms with E-state index in [0.29, 0.717) is 12.1 Å². The van der Waals surface area contributed by atoms with Gasteiger partial charge in [0, 0.05) is 12.6 Å². The van der Waals surface area contributed by atoms with Crippen LogP contribution in [0.5, 0.6) is 0 Å².